The van der Waals surface area contributed by atoms with Crippen molar-refractivity contribution in [3.8, 4) is 11.5 Å². The molecule has 0 aliphatic rings. The second kappa shape index (κ2) is 15.3. The highest BCUT2D eigenvalue weighted by molar-refractivity contribution is 7.92. The van der Waals surface area contributed by atoms with E-state index in [1.54, 1.807) is 30.3 Å². The maximum absolute atomic E-state index is 14.6. The fourth-order valence-electron chi connectivity index (χ4n) is 5.04. The highest BCUT2D eigenvalue weighted by Crippen LogP contribution is 2.36. The van der Waals surface area contributed by atoms with Gasteiger partial charge in [-0.05, 0) is 54.8 Å². The third-order valence-electron chi connectivity index (χ3n) is 7.49. The molecule has 0 radical (unpaired) electrons. The Morgan fingerprint density at radius 2 is 1.49 bits per heavy atom. The van der Waals surface area contributed by atoms with Gasteiger partial charge in [-0.3, -0.25) is 13.9 Å². The standard InChI is InChI=1S/C35H39N3O6S/c1-5-36-35(40)32(22-27-15-8-6-9-16-27)37(24-28-17-13-12-14-26(28)2)34(39)25-38(45(41,42)30-18-10-7-11-19-30)31-23-29(43-3)20-21-33(31)44-4/h6-21,23,32H,5,22,24-25H2,1-4H3,(H,36,40)/t32-/m1/s1. The normalized spacial score (nSPS) is 11.7. The second-order valence-corrected chi connectivity index (χ2v) is 12.3. The van der Waals surface area contributed by atoms with Crippen molar-refractivity contribution in [2.24, 2.45) is 0 Å². The van der Waals surface area contributed by atoms with Crippen LogP contribution in [0.3, 0.4) is 0 Å². The van der Waals surface area contributed by atoms with Crippen LogP contribution in [0.4, 0.5) is 5.69 Å². The number of hydrogen-bond donors (Lipinski definition) is 1. The van der Waals surface area contributed by atoms with E-state index in [1.165, 1.54) is 37.3 Å². The number of rotatable bonds is 14. The lowest BCUT2D eigenvalue weighted by Crippen LogP contribution is -2.53. The molecule has 0 aliphatic carbocycles. The minimum Gasteiger partial charge on any atom is -0.497 e. The number of benzene rings is 4. The van der Waals surface area contributed by atoms with Crippen molar-refractivity contribution in [3.05, 3.63) is 120 Å². The zero-order valence-corrected chi connectivity index (χ0v) is 26.8. The molecule has 0 bridgehead atoms. The van der Waals surface area contributed by atoms with Gasteiger partial charge in [-0.2, -0.15) is 0 Å². The molecule has 2 amide bonds. The molecule has 1 atom stereocenters. The van der Waals surface area contributed by atoms with Gasteiger partial charge < -0.3 is 19.7 Å². The minimum absolute atomic E-state index is 0.00214. The number of methoxy groups -OCH3 is 2. The van der Waals surface area contributed by atoms with Gasteiger partial charge in [0.05, 0.1) is 24.8 Å². The van der Waals surface area contributed by atoms with E-state index in [1.807, 2.05) is 68.4 Å². The topological polar surface area (TPSA) is 105 Å². The molecule has 0 aliphatic heterocycles. The number of carbonyl (C=O) groups excluding carboxylic acids is 2. The number of nitrogens with zero attached hydrogens (tertiary/aromatic N) is 2. The van der Waals surface area contributed by atoms with E-state index >= 15 is 0 Å². The number of aryl methyl sites for hydroxylation is 1. The van der Waals surface area contributed by atoms with E-state index in [0.717, 1.165) is 21.0 Å². The van der Waals surface area contributed by atoms with Gasteiger partial charge in [-0.1, -0.05) is 72.8 Å². The number of anilines is 1. The summed E-state index contributed by atoms with van der Waals surface area (Å²) in [5.74, 6) is -0.278. The Hall–Kier alpha value is -4.83. The lowest BCUT2D eigenvalue weighted by molar-refractivity contribution is -0.140. The summed E-state index contributed by atoms with van der Waals surface area (Å²) in [6.07, 6.45) is 0.234. The zero-order valence-electron chi connectivity index (χ0n) is 26.0. The van der Waals surface area contributed by atoms with Crippen LogP contribution in [0.15, 0.2) is 108 Å². The maximum atomic E-state index is 14.6. The van der Waals surface area contributed by atoms with Crippen LogP contribution < -0.4 is 19.1 Å². The molecule has 4 aromatic rings. The number of amides is 2. The molecule has 4 rings (SSSR count). The minimum atomic E-state index is -4.29. The average molecular weight is 630 g/mol. The highest BCUT2D eigenvalue weighted by Gasteiger charge is 2.35. The summed E-state index contributed by atoms with van der Waals surface area (Å²) in [4.78, 5) is 29.7. The number of ether oxygens (including phenoxy) is 2. The summed E-state index contributed by atoms with van der Waals surface area (Å²) in [5, 5.41) is 2.87. The smallest absolute Gasteiger partial charge is 0.264 e. The Labute approximate surface area is 265 Å². The molecule has 1 N–H and O–H groups in total. The van der Waals surface area contributed by atoms with Gasteiger partial charge in [0.2, 0.25) is 11.8 Å². The summed E-state index contributed by atoms with van der Waals surface area (Å²) in [7, 11) is -1.39. The third kappa shape index (κ3) is 8.02. The van der Waals surface area contributed by atoms with Crippen LogP contribution in [-0.2, 0) is 32.6 Å². The molecule has 0 unspecified atom stereocenters. The first-order valence-electron chi connectivity index (χ1n) is 14.6. The van der Waals surface area contributed by atoms with E-state index in [0.29, 0.717) is 12.3 Å². The SMILES string of the molecule is CCNC(=O)[C@@H](Cc1ccccc1)N(Cc1ccccc1C)C(=O)CN(c1cc(OC)ccc1OC)S(=O)(=O)c1ccccc1. The van der Waals surface area contributed by atoms with Crippen molar-refractivity contribution in [2.45, 2.75) is 37.8 Å². The third-order valence-corrected chi connectivity index (χ3v) is 9.26. The molecule has 10 heteroatoms. The Balaban J connectivity index is 1.86. The molecule has 0 heterocycles. The highest BCUT2D eigenvalue weighted by atomic mass is 32.2. The number of carbonyl (C=O) groups is 2. The first-order chi connectivity index (χ1) is 21.7. The van der Waals surface area contributed by atoms with Crippen molar-refractivity contribution in [2.75, 3.05) is 31.6 Å². The Bertz CT molecular complexity index is 1700. The summed E-state index contributed by atoms with van der Waals surface area (Å²) in [5.41, 5.74) is 2.76. The monoisotopic (exact) mass is 629 g/mol. The van der Waals surface area contributed by atoms with Gasteiger partial charge in [0.15, 0.2) is 0 Å². The van der Waals surface area contributed by atoms with Crippen LogP contribution >= 0.6 is 0 Å². The van der Waals surface area contributed by atoms with Gasteiger partial charge in [0.25, 0.3) is 10.0 Å². The van der Waals surface area contributed by atoms with E-state index in [-0.39, 0.29) is 35.2 Å². The summed E-state index contributed by atoms with van der Waals surface area (Å²) >= 11 is 0. The van der Waals surface area contributed by atoms with Crippen LogP contribution in [0, 0.1) is 6.92 Å². The molecular formula is C35H39N3O6S. The fraction of sp³-hybridized carbons (Fsp3) is 0.257. The van der Waals surface area contributed by atoms with Crippen LogP contribution in [0.1, 0.15) is 23.6 Å². The molecule has 0 aromatic heterocycles. The average Bonchev–Trinajstić information content (AvgIpc) is 3.06. The Morgan fingerprint density at radius 3 is 2.11 bits per heavy atom. The van der Waals surface area contributed by atoms with E-state index in [2.05, 4.69) is 5.32 Å². The lowest BCUT2D eigenvalue weighted by Gasteiger charge is -2.34. The van der Waals surface area contributed by atoms with Gasteiger partial charge in [0.1, 0.15) is 24.1 Å². The predicted octanol–water partition coefficient (Wildman–Crippen LogP) is 4.98. The van der Waals surface area contributed by atoms with E-state index in [9.17, 15) is 18.0 Å². The Morgan fingerprint density at radius 1 is 0.844 bits per heavy atom. The number of nitrogens with one attached hydrogen (secondary N) is 1. The van der Waals surface area contributed by atoms with Crippen molar-refractivity contribution < 1.29 is 27.5 Å². The lowest BCUT2D eigenvalue weighted by atomic mass is 10.0. The van der Waals surface area contributed by atoms with E-state index in [4.69, 9.17) is 9.47 Å². The zero-order chi connectivity index (χ0) is 32.4. The summed E-state index contributed by atoms with van der Waals surface area (Å²) in [6, 6.07) is 28.8. The van der Waals surface area contributed by atoms with Crippen molar-refractivity contribution in [1.82, 2.24) is 10.2 Å². The van der Waals surface area contributed by atoms with Crippen LogP contribution in [0.2, 0.25) is 0 Å². The largest absolute Gasteiger partial charge is 0.497 e. The number of sulfonamides is 1. The molecule has 0 saturated carbocycles. The van der Waals surface area contributed by atoms with Crippen LogP contribution in [-0.4, -0.2) is 58.5 Å². The van der Waals surface area contributed by atoms with Gasteiger partial charge in [0, 0.05) is 25.6 Å². The molecule has 236 valence electrons. The number of likely N-dealkylation sites (N-methyl/N-ethyl adjacent to an activating group) is 1. The first kappa shape index (κ1) is 33.1. The van der Waals surface area contributed by atoms with Crippen molar-refractivity contribution >= 4 is 27.5 Å². The van der Waals surface area contributed by atoms with Gasteiger partial charge in [-0.15, -0.1) is 0 Å². The molecule has 0 saturated heterocycles. The van der Waals surface area contributed by atoms with Gasteiger partial charge >= 0.3 is 0 Å². The van der Waals surface area contributed by atoms with Crippen LogP contribution in [0.25, 0.3) is 0 Å². The Kier molecular flexibility index (Phi) is 11.2. The molecule has 45 heavy (non-hydrogen) atoms. The second-order valence-electron chi connectivity index (χ2n) is 10.4. The quantitative estimate of drug-likeness (QED) is 0.211. The maximum Gasteiger partial charge on any atom is 0.264 e. The summed E-state index contributed by atoms with van der Waals surface area (Å²) < 4.78 is 40.5. The first-order valence-corrected chi connectivity index (χ1v) is 16.1. The fourth-order valence-corrected chi connectivity index (χ4v) is 6.48. The van der Waals surface area contributed by atoms with Crippen molar-refractivity contribution in [3.63, 3.8) is 0 Å². The summed E-state index contributed by atoms with van der Waals surface area (Å²) in [6.45, 7) is 3.61. The molecule has 9 nitrogen and oxygen atoms in total. The predicted molar refractivity (Wildman–Crippen MR) is 175 cm³/mol. The molecule has 4 aromatic carbocycles. The molecule has 0 spiro atoms. The van der Waals surface area contributed by atoms with Gasteiger partial charge in [-0.25, -0.2) is 8.42 Å². The van der Waals surface area contributed by atoms with E-state index < -0.39 is 28.5 Å². The molecular weight excluding hydrogens is 590 g/mol. The van der Waals surface area contributed by atoms with Crippen molar-refractivity contribution in [1.29, 1.82) is 0 Å². The van der Waals surface area contributed by atoms with Crippen LogP contribution in [0.5, 0.6) is 11.5 Å². The molecule has 0 fully saturated rings. The number of hydrogen-bond acceptors (Lipinski definition) is 6.